The fraction of sp³-hybridized carbons (Fsp3) is 0.333. The van der Waals surface area contributed by atoms with Crippen LogP contribution in [0.15, 0.2) is 47.5 Å². The second kappa shape index (κ2) is 9.21. The molecule has 32 heavy (non-hydrogen) atoms. The summed E-state index contributed by atoms with van der Waals surface area (Å²) in [6.45, 7) is -0.0408. The van der Waals surface area contributed by atoms with Crippen LogP contribution < -0.4 is 19.7 Å². The van der Waals surface area contributed by atoms with E-state index in [0.717, 1.165) is 0 Å². The molecule has 0 radical (unpaired) electrons. The largest absolute Gasteiger partial charge is 0.497 e. The van der Waals surface area contributed by atoms with E-state index in [1.54, 1.807) is 36.3 Å². The molecule has 2 aliphatic heterocycles. The number of carbonyl (C=O) groups excluding carboxylic acids is 1. The molecule has 11 heteroatoms. The second-order valence-electron chi connectivity index (χ2n) is 7.39. The molecule has 1 amide bonds. The number of halogens is 1. The number of aliphatic imine (C=N–C) groups is 1. The predicted octanol–water partition coefficient (Wildman–Crippen LogP) is 3.07. The van der Waals surface area contributed by atoms with Gasteiger partial charge in [-0.2, -0.15) is 0 Å². The summed E-state index contributed by atoms with van der Waals surface area (Å²) in [6, 6.07) is 12.0. The number of benzene rings is 2. The fourth-order valence-electron chi connectivity index (χ4n) is 3.63. The Morgan fingerprint density at radius 2 is 2.03 bits per heavy atom. The van der Waals surface area contributed by atoms with Gasteiger partial charge in [0.1, 0.15) is 18.0 Å². The highest BCUT2D eigenvalue weighted by molar-refractivity contribution is 8.15. The lowest BCUT2D eigenvalue weighted by molar-refractivity contribution is -0.114. The summed E-state index contributed by atoms with van der Waals surface area (Å²) in [5.74, 6) is 0.944. The number of ether oxygens (including phenoxy) is 2. The molecule has 8 nitrogen and oxygen atoms in total. The zero-order valence-corrected chi connectivity index (χ0v) is 19.8. The van der Waals surface area contributed by atoms with Gasteiger partial charge in [0.25, 0.3) is 0 Å². The lowest BCUT2D eigenvalue weighted by atomic mass is 10.2. The molecule has 170 valence electrons. The van der Waals surface area contributed by atoms with E-state index in [9.17, 15) is 13.2 Å². The Bertz CT molecular complexity index is 1170. The molecule has 0 bridgehead atoms. The monoisotopic (exact) mass is 495 g/mol. The molecule has 1 N–H and O–H groups in total. The van der Waals surface area contributed by atoms with E-state index < -0.39 is 9.84 Å². The number of hydrogen-bond donors (Lipinski definition) is 1. The molecule has 2 aromatic rings. The van der Waals surface area contributed by atoms with Crippen LogP contribution in [-0.4, -0.2) is 63.1 Å². The number of anilines is 2. The predicted molar refractivity (Wildman–Crippen MR) is 128 cm³/mol. The van der Waals surface area contributed by atoms with Gasteiger partial charge in [0.15, 0.2) is 15.0 Å². The number of amidine groups is 1. The third kappa shape index (κ3) is 4.97. The minimum Gasteiger partial charge on any atom is -0.497 e. The van der Waals surface area contributed by atoms with Crippen LogP contribution in [0.3, 0.4) is 0 Å². The summed E-state index contributed by atoms with van der Waals surface area (Å²) >= 11 is 7.46. The molecular weight excluding hydrogens is 474 g/mol. The SMILES string of the molecule is COc1cccc(N(CC(=O)Nc2cc(Cl)ccc2OC)C2=N[C@H]3CS(=O)(=O)C[C@H]3S2)c1. The number of carbonyl (C=O) groups is 1. The van der Waals surface area contributed by atoms with Crippen molar-refractivity contribution < 1.29 is 22.7 Å². The Hall–Kier alpha value is -2.43. The maximum absolute atomic E-state index is 13.0. The summed E-state index contributed by atoms with van der Waals surface area (Å²) in [5, 5.41) is 3.77. The van der Waals surface area contributed by atoms with Crippen molar-refractivity contribution in [3.8, 4) is 11.5 Å². The second-order valence-corrected chi connectivity index (χ2v) is 11.2. The molecule has 1 saturated heterocycles. The van der Waals surface area contributed by atoms with E-state index in [2.05, 4.69) is 10.3 Å². The van der Waals surface area contributed by atoms with Crippen LogP contribution in [-0.2, 0) is 14.6 Å². The first-order valence-electron chi connectivity index (χ1n) is 9.78. The van der Waals surface area contributed by atoms with Crippen molar-refractivity contribution in [2.24, 2.45) is 4.99 Å². The van der Waals surface area contributed by atoms with Gasteiger partial charge in [0, 0.05) is 22.0 Å². The van der Waals surface area contributed by atoms with E-state index >= 15 is 0 Å². The molecule has 2 heterocycles. The number of methoxy groups -OCH3 is 2. The summed E-state index contributed by atoms with van der Waals surface area (Å²) in [5.41, 5.74) is 1.17. The van der Waals surface area contributed by atoms with Gasteiger partial charge in [0.2, 0.25) is 5.91 Å². The maximum atomic E-state index is 13.0. The van der Waals surface area contributed by atoms with E-state index in [4.69, 9.17) is 21.1 Å². The van der Waals surface area contributed by atoms with Crippen molar-refractivity contribution in [2.75, 3.05) is 42.5 Å². The van der Waals surface area contributed by atoms with Gasteiger partial charge in [-0.05, 0) is 30.3 Å². The number of nitrogens with zero attached hydrogens (tertiary/aromatic N) is 2. The van der Waals surface area contributed by atoms with Crippen molar-refractivity contribution >= 4 is 55.6 Å². The number of rotatable bonds is 6. The lowest BCUT2D eigenvalue weighted by Crippen LogP contribution is -2.36. The number of sulfone groups is 1. The summed E-state index contributed by atoms with van der Waals surface area (Å²) in [4.78, 5) is 19.4. The molecule has 0 aliphatic carbocycles. The highest BCUT2D eigenvalue weighted by atomic mass is 35.5. The molecule has 0 unspecified atom stereocenters. The third-order valence-electron chi connectivity index (χ3n) is 5.14. The molecule has 0 spiro atoms. The minimum absolute atomic E-state index is 0.0338. The topological polar surface area (TPSA) is 97.3 Å². The van der Waals surface area contributed by atoms with E-state index in [0.29, 0.717) is 33.1 Å². The minimum atomic E-state index is -3.08. The molecule has 0 saturated carbocycles. The summed E-state index contributed by atoms with van der Waals surface area (Å²) < 4.78 is 34.5. The van der Waals surface area contributed by atoms with E-state index in [-0.39, 0.29) is 35.2 Å². The lowest BCUT2D eigenvalue weighted by Gasteiger charge is -2.24. The number of amides is 1. The van der Waals surface area contributed by atoms with Crippen LogP contribution in [0.2, 0.25) is 5.02 Å². The maximum Gasteiger partial charge on any atom is 0.244 e. The molecule has 2 atom stereocenters. The van der Waals surface area contributed by atoms with Crippen molar-refractivity contribution in [2.45, 2.75) is 11.3 Å². The van der Waals surface area contributed by atoms with Crippen molar-refractivity contribution in [3.63, 3.8) is 0 Å². The van der Waals surface area contributed by atoms with Gasteiger partial charge < -0.3 is 19.7 Å². The summed E-state index contributed by atoms with van der Waals surface area (Å²) in [7, 11) is 0.00260. The van der Waals surface area contributed by atoms with E-state index in [1.807, 2.05) is 18.2 Å². The van der Waals surface area contributed by atoms with Crippen molar-refractivity contribution in [1.29, 1.82) is 0 Å². The molecular formula is C21H22ClN3O5S2. The Morgan fingerprint density at radius 1 is 1.22 bits per heavy atom. The summed E-state index contributed by atoms with van der Waals surface area (Å²) in [6.07, 6.45) is 0. The van der Waals surface area contributed by atoms with Gasteiger partial charge in [-0.1, -0.05) is 29.4 Å². The average molecular weight is 496 g/mol. The average Bonchev–Trinajstić information content (AvgIpc) is 3.25. The number of thioether (sulfide) groups is 1. The number of hydrogen-bond acceptors (Lipinski definition) is 8. The van der Waals surface area contributed by atoms with Crippen LogP contribution >= 0.6 is 23.4 Å². The van der Waals surface area contributed by atoms with Crippen LogP contribution in [0.1, 0.15) is 0 Å². The normalized spacial score (nSPS) is 20.9. The zero-order valence-electron chi connectivity index (χ0n) is 17.4. The first kappa shape index (κ1) is 22.8. The van der Waals surface area contributed by atoms with Gasteiger partial charge in [-0.25, -0.2) is 8.42 Å². The number of nitrogens with one attached hydrogen (secondary N) is 1. The first-order chi connectivity index (χ1) is 15.3. The Kier molecular flexibility index (Phi) is 6.55. The number of fused-ring (bicyclic) bond motifs is 1. The van der Waals surface area contributed by atoms with Gasteiger partial charge in [-0.3, -0.25) is 9.79 Å². The zero-order chi connectivity index (χ0) is 22.9. The molecule has 2 aliphatic rings. The Balaban J connectivity index is 1.60. The first-order valence-corrected chi connectivity index (χ1v) is 12.9. The molecule has 1 fully saturated rings. The van der Waals surface area contributed by atoms with Gasteiger partial charge in [-0.15, -0.1) is 0 Å². The van der Waals surface area contributed by atoms with Crippen LogP contribution in [0.4, 0.5) is 11.4 Å². The molecule has 0 aromatic heterocycles. The van der Waals surface area contributed by atoms with Crippen LogP contribution in [0.5, 0.6) is 11.5 Å². The van der Waals surface area contributed by atoms with Crippen molar-refractivity contribution in [3.05, 3.63) is 47.5 Å². The molecule has 2 aromatic carbocycles. The van der Waals surface area contributed by atoms with Crippen LogP contribution in [0.25, 0.3) is 0 Å². The van der Waals surface area contributed by atoms with Crippen molar-refractivity contribution in [1.82, 2.24) is 0 Å². The van der Waals surface area contributed by atoms with Gasteiger partial charge >= 0.3 is 0 Å². The van der Waals surface area contributed by atoms with E-state index in [1.165, 1.54) is 18.9 Å². The quantitative estimate of drug-likeness (QED) is 0.657. The van der Waals surface area contributed by atoms with Crippen LogP contribution in [0, 0.1) is 0 Å². The fourth-order valence-corrected chi connectivity index (χ4v) is 7.58. The Labute approximate surface area is 195 Å². The van der Waals surface area contributed by atoms with Gasteiger partial charge in [0.05, 0.1) is 37.5 Å². The smallest absolute Gasteiger partial charge is 0.244 e. The standard InChI is InChI=1S/C21H22ClN3O5S2/c1-29-15-5-3-4-14(9-15)25(21-24-17-11-32(27,28)12-19(17)31-21)10-20(26)23-16-8-13(22)6-7-18(16)30-2/h3-9,17,19H,10-12H2,1-2H3,(H,23,26)/t17-,19+/m0/s1. The third-order valence-corrected chi connectivity index (χ3v) is 8.62. The highest BCUT2D eigenvalue weighted by Gasteiger charge is 2.44. The highest BCUT2D eigenvalue weighted by Crippen LogP contribution is 2.37. The molecule has 4 rings (SSSR count). The Morgan fingerprint density at radius 3 is 2.75 bits per heavy atom.